The van der Waals surface area contributed by atoms with Crippen LogP contribution in [-0.4, -0.2) is 20.4 Å². The summed E-state index contributed by atoms with van der Waals surface area (Å²) in [7, 11) is 1.84. The number of hydrogen-bond donors (Lipinski definition) is 2. The number of fused-ring (bicyclic) bond motifs is 1. The molecule has 82 valence electrons. The molecular weight excluding hydrogens is 206 g/mol. The minimum atomic E-state index is -0.507. The molecule has 2 aromatic rings. The molecule has 0 bridgehead atoms. The van der Waals surface area contributed by atoms with Crippen LogP contribution in [0.15, 0.2) is 18.6 Å². The average molecular weight is 217 g/mol. The van der Waals surface area contributed by atoms with E-state index in [9.17, 15) is 4.79 Å². The average Bonchev–Trinajstić information content (AvgIpc) is 2.55. The molecule has 6 heteroatoms. The van der Waals surface area contributed by atoms with Gasteiger partial charge in [0.05, 0.1) is 5.39 Å². The van der Waals surface area contributed by atoms with Crippen LogP contribution >= 0.6 is 0 Å². The number of amides is 1. The monoisotopic (exact) mass is 217 g/mol. The molecule has 0 saturated heterocycles. The summed E-state index contributed by atoms with van der Waals surface area (Å²) in [5.41, 5.74) is 12.3. The first kappa shape index (κ1) is 10.2. The summed E-state index contributed by atoms with van der Waals surface area (Å²) in [6.07, 6.45) is 6.10. The molecule has 1 amide bonds. The Morgan fingerprint density at radius 3 is 2.94 bits per heavy atom. The van der Waals surface area contributed by atoms with Crippen LogP contribution < -0.4 is 11.5 Å². The molecule has 0 fully saturated rings. The van der Waals surface area contributed by atoms with E-state index in [4.69, 9.17) is 11.5 Å². The second-order valence-electron chi connectivity index (χ2n) is 3.39. The van der Waals surface area contributed by atoms with Gasteiger partial charge in [0, 0.05) is 24.9 Å². The van der Waals surface area contributed by atoms with Gasteiger partial charge in [-0.05, 0) is 6.08 Å². The Bertz CT molecular complexity index is 584. The van der Waals surface area contributed by atoms with Gasteiger partial charge in [-0.3, -0.25) is 4.79 Å². The summed E-state index contributed by atoms with van der Waals surface area (Å²) < 4.78 is 1.81. The van der Waals surface area contributed by atoms with Crippen molar-refractivity contribution in [2.24, 2.45) is 12.8 Å². The van der Waals surface area contributed by atoms with Crippen molar-refractivity contribution in [3.8, 4) is 0 Å². The zero-order valence-corrected chi connectivity index (χ0v) is 8.71. The normalized spacial score (nSPS) is 11.3. The van der Waals surface area contributed by atoms with Crippen molar-refractivity contribution in [1.29, 1.82) is 0 Å². The number of rotatable bonds is 2. The lowest BCUT2D eigenvalue weighted by atomic mass is 10.2. The Labute approximate surface area is 91.6 Å². The van der Waals surface area contributed by atoms with E-state index < -0.39 is 5.91 Å². The number of carbonyl (C=O) groups is 1. The number of aryl methyl sites for hydroxylation is 1. The number of nitrogens with zero attached hydrogens (tertiary/aromatic N) is 3. The van der Waals surface area contributed by atoms with E-state index in [-0.39, 0.29) is 0 Å². The molecule has 0 unspecified atom stereocenters. The topological polar surface area (TPSA) is 99.8 Å². The molecule has 0 spiro atoms. The Hall–Kier alpha value is -2.37. The highest BCUT2D eigenvalue weighted by molar-refractivity contribution is 5.98. The minimum absolute atomic E-state index is 0.384. The predicted octanol–water partition coefficient (Wildman–Crippen LogP) is 0.0490. The van der Waals surface area contributed by atoms with Crippen LogP contribution in [0, 0.1) is 0 Å². The standard InChI is InChI=1S/C10H11N5O/c1-15-4-6(2-3-7(11)16)8-9(12)13-5-14-10(8)15/h2-5H,1H3,(H2,11,16)(H2,12,13,14)/b3-2+. The first-order valence-corrected chi connectivity index (χ1v) is 4.62. The lowest BCUT2D eigenvalue weighted by Gasteiger charge is -1.96. The van der Waals surface area contributed by atoms with E-state index in [1.165, 1.54) is 12.4 Å². The lowest BCUT2D eigenvalue weighted by molar-refractivity contribution is -0.113. The van der Waals surface area contributed by atoms with Crippen molar-refractivity contribution >= 4 is 28.8 Å². The molecule has 2 aromatic heterocycles. The second kappa shape index (κ2) is 3.65. The van der Waals surface area contributed by atoms with Crippen LogP contribution in [-0.2, 0) is 11.8 Å². The van der Waals surface area contributed by atoms with Crippen molar-refractivity contribution in [2.45, 2.75) is 0 Å². The SMILES string of the molecule is Cn1cc(/C=C/C(N)=O)c2c(N)ncnc21. The molecule has 4 N–H and O–H groups in total. The van der Waals surface area contributed by atoms with Crippen molar-refractivity contribution in [3.05, 3.63) is 24.2 Å². The Balaban J connectivity index is 2.66. The van der Waals surface area contributed by atoms with Gasteiger partial charge in [0.15, 0.2) is 0 Å². The fourth-order valence-electron chi connectivity index (χ4n) is 1.57. The minimum Gasteiger partial charge on any atom is -0.383 e. The van der Waals surface area contributed by atoms with Crippen LogP contribution in [0.3, 0.4) is 0 Å². The fourth-order valence-corrected chi connectivity index (χ4v) is 1.57. The van der Waals surface area contributed by atoms with Crippen molar-refractivity contribution in [1.82, 2.24) is 14.5 Å². The summed E-state index contributed by atoms with van der Waals surface area (Å²) >= 11 is 0. The lowest BCUT2D eigenvalue weighted by Crippen LogP contribution is -2.05. The highest BCUT2D eigenvalue weighted by Crippen LogP contribution is 2.23. The van der Waals surface area contributed by atoms with Gasteiger partial charge in [-0.15, -0.1) is 0 Å². The van der Waals surface area contributed by atoms with E-state index in [1.54, 1.807) is 6.08 Å². The predicted molar refractivity (Wildman–Crippen MR) is 61.1 cm³/mol. The summed E-state index contributed by atoms with van der Waals surface area (Å²) in [5, 5.41) is 0.725. The number of hydrogen-bond acceptors (Lipinski definition) is 4. The van der Waals surface area contributed by atoms with Crippen LogP contribution in [0.1, 0.15) is 5.56 Å². The van der Waals surface area contributed by atoms with Crippen LogP contribution in [0.5, 0.6) is 0 Å². The van der Waals surface area contributed by atoms with Crippen molar-refractivity contribution in [3.63, 3.8) is 0 Å². The van der Waals surface area contributed by atoms with Gasteiger partial charge in [-0.25, -0.2) is 9.97 Å². The van der Waals surface area contributed by atoms with E-state index in [2.05, 4.69) is 9.97 Å². The summed E-state index contributed by atoms with van der Waals surface area (Å²) in [6.45, 7) is 0. The molecule has 0 atom stereocenters. The molecule has 2 rings (SSSR count). The molecule has 16 heavy (non-hydrogen) atoms. The summed E-state index contributed by atoms with van der Waals surface area (Å²) in [6, 6.07) is 0. The molecule has 0 radical (unpaired) electrons. The van der Waals surface area contributed by atoms with E-state index in [0.29, 0.717) is 5.82 Å². The van der Waals surface area contributed by atoms with Crippen LogP contribution in [0.4, 0.5) is 5.82 Å². The number of primary amides is 1. The highest BCUT2D eigenvalue weighted by Gasteiger charge is 2.09. The first-order valence-electron chi connectivity index (χ1n) is 4.62. The van der Waals surface area contributed by atoms with Gasteiger partial charge in [0.1, 0.15) is 17.8 Å². The number of anilines is 1. The third-order valence-corrected chi connectivity index (χ3v) is 2.24. The quantitative estimate of drug-likeness (QED) is 0.694. The molecule has 0 aliphatic rings. The van der Waals surface area contributed by atoms with Crippen molar-refractivity contribution < 1.29 is 4.79 Å². The van der Waals surface area contributed by atoms with Gasteiger partial charge in [-0.1, -0.05) is 0 Å². The van der Waals surface area contributed by atoms with E-state index in [0.717, 1.165) is 16.6 Å². The maximum atomic E-state index is 10.7. The Morgan fingerprint density at radius 1 is 1.50 bits per heavy atom. The molecule has 2 heterocycles. The van der Waals surface area contributed by atoms with Crippen LogP contribution in [0.2, 0.25) is 0 Å². The van der Waals surface area contributed by atoms with E-state index >= 15 is 0 Å². The largest absolute Gasteiger partial charge is 0.383 e. The van der Waals surface area contributed by atoms with Gasteiger partial charge < -0.3 is 16.0 Å². The smallest absolute Gasteiger partial charge is 0.241 e. The molecule has 0 aromatic carbocycles. The number of nitrogen functional groups attached to an aromatic ring is 1. The van der Waals surface area contributed by atoms with Crippen molar-refractivity contribution in [2.75, 3.05) is 5.73 Å². The third-order valence-electron chi connectivity index (χ3n) is 2.24. The van der Waals surface area contributed by atoms with Gasteiger partial charge in [-0.2, -0.15) is 0 Å². The van der Waals surface area contributed by atoms with Gasteiger partial charge in [0.25, 0.3) is 0 Å². The first-order chi connectivity index (χ1) is 7.59. The van der Waals surface area contributed by atoms with Gasteiger partial charge in [0.2, 0.25) is 5.91 Å². The molecule has 0 aliphatic heterocycles. The fraction of sp³-hybridized carbons (Fsp3) is 0.100. The molecule has 0 saturated carbocycles. The molecule has 0 aliphatic carbocycles. The number of aromatic nitrogens is 3. The number of nitrogens with two attached hydrogens (primary N) is 2. The van der Waals surface area contributed by atoms with E-state index in [1.807, 2.05) is 17.8 Å². The third kappa shape index (κ3) is 1.60. The Kier molecular flexibility index (Phi) is 2.32. The Morgan fingerprint density at radius 2 is 2.25 bits per heavy atom. The zero-order chi connectivity index (χ0) is 11.7. The maximum absolute atomic E-state index is 10.7. The van der Waals surface area contributed by atoms with Gasteiger partial charge >= 0.3 is 0 Å². The second-order valence-corrected chi connectivity index (χ2v) is 3.39. The maximum Gasteiger partial charge on any atom is 0.241 e. The zero-order valence-electron chi connectivity index (χ0n) is 8.71. The molecule has 6 nitrogen and oxygen atoms in total. The highest BCUT2D eigenvalue weighted by atomic mass is 16.1. The molecular formula is C10H11N5O. The summed E-state index contributed by atoms with van der Waals surface area (Å²) in [5.74, 6) is -0.123. The number of carbonyl (C=O) groups excluding carboxylic acids is 1. The van der Waals surface area contributed by atoms with Crippen LogP contribution in [0.25, 0.3) is 17.1 Å². The summed E-state index contributed by atoms with van der Waals surface area (Å²) in [4.78, 5) is 18.7.